The van der Waals surface area contributed by atoms with Crippen molar-refractivity contribution in [3.05, 3.63) is 53.5 Å². The third-order valence-electron chi connectivity index (χ3n) is 6.97. The van der Waals surface area contributed by atoms with Gasteiger partial charge in [0, 0.05) is 37.6 Å². The molecule has 2 aliphatic heterocycles. The summed E-state index contributed by atoms with van der Waals surface area (Å²) in [5.41, 5.74) is 2.91. The van der Waals surface area contributed by atoms with Crippen molar-refractivity contribution in [2.45, 2.75) is 31.7 Å². The Labute approximate surface area is 194 Å². The van der Waals surface area contributed by atoms with Crippen molar-refractivity contribution in [1.29, 1.82) is 0 Å². The fourth-order valence-corrected chi connectivity index (χ4v) is 5.35. The summed E-state index contributed by atoms with van der Waals surface area (Å²) >= 11 is 5.85. The number of rotatable bonds is 3. The van der Waals surface area contributed by atoms with E-state index in [2.05, 4.69) is 50.9 Å². The molecule has 7 nitrogen and oxygen atoms in total. The van der Waals surface area contributed by atoms with E-state index < -0.39 is 5.54 Å². The monoisotopic (exact) mass is 446 g/mol. The first-order valence-corrected chi connectivity index (χ1v) is 11.4. The topological polar surface area (TPSA) is 47.3 Å². The molecule has 1 saturated carbocycles. The Morgan fingerprint density at radius 3 is 2.28 bits per heavy atom. The van der Waals surface area contributed by atoms with Crippen LogP contribution in [0.3, 0.4) is 0 Å². The zero-order valence-electron chi connectivity index (χ0n) is 18.4. The number of pyridine rings is 1. The van der Waals surface area contributed by atoms with Crippen LogP contribution in [0.1, 0.15) is 24.8 Å². The SMILES string of the molecule is [C-]#[N+]c1ncc(N2C(=O)C3(CCC3)N(c3ccc(N4CCN(C)CC4)cc3)C2=S)cc1C. The van der Waals surface area contributed by atoms with Gasteiger partial charge in [-0.05, 0) is 81.3 Å². The molecule has 2 aromatic rings. The van der Waals surface area contributed by atoms with Crippen molar-refractivity contribution in [2.75, 3.05) is 47.9 Å². The maximum atomic E-state index is 13.6. The van der Waals surface area contributed by atoms with E-state index in [9.17, 15) is 4.79 Å². The molecule has 2 saturated heterocycles. The molecule has 0 bridgehead atoms. The van der Waals surface area contributed by atoms with Gasteiger partial charge in [0.25, 0.3) is 11.7 Å². The number of hydrogen-bond acceptors (Lipinski definition) is 5. The highest BCUT2D eigenvalue weighted by Gasteiger charge is 2.59. The number of piperazine rings is 1. The van der Waals surface area contributed by atoms with Crippen molar-refractivity contribution in [2.24, 2.45) is 0 Å². The van der Waals surface area contributed by atoms with Gasteiger partial charge in [-0.25, -0.2) is 0 Å². The number of carbonyl (C=O) groups excluding carboxylic acids is 1. The standard InChI is InChI=1S/C24H26N6OS/c1-17-15-20(16-26-21(17)25-2)29-22(31)24(9-4-10-24)30(23(29)32)19-7-5-18(6-8-19)28-13-11-27(3)12-14-28/h5-8,15-16H,4,9-14H2,1,3H3. The molecule has 0 radical (unpaired) electrons. The molecule has 0 atom stereocenters. The quantitative estimate of drug-likeness (QED) is 0.529. The van der Waals surface area contributed by atoms with E-state index in [1.807, 2.05) is 17.9 Å². The molecular formula is C24H26N6OS. The minimum atomic E-state index is -0.612. The van der Waals surface area contributed by atoms with E-state index in [1.165, 1.54) is 5.69 Å². The van der Waals surface area contributed by atoms with Gasteiger partial charge in [-0.1, -0.05) is 6.57 Å². The zero-order chi connectivity index (χ0) is 22.5. The van der Waals surface area contributed by atoms with E-state index in [1.54, 1.807) is 11.1 Å². The summed E-state index contributed by atoms with van der Waals surface area (Å²) in [7, 11) is 2.15. The lowest BCUT2D eigenvalue weighted by atomic mass is 9.75. The zero-order valence-corrected chi connectivity index (χ0v) is 19.2. The Morgan fingerprint density at radius 2 is 1.72 bits per heavy atom. The first-order valence-electron chi connectivity index (χ1n) is 11.0. The molecule has 3 heterocycles. The lowest BCUT2D eigenvalue weighted by molar-refractivity contribution is -0.123. The number of aromatic nitrogens is 1. The summed E-state index contributed by atoms with van der Waals surface area (Å²) in [5.74, 6) is 0.356. The van der Waals surface area contributed by atoms with Crippen LogP contribution in [0.5, 0.6) is 0 Å². The summed E-state index contributed by atoms with van der Waals surface area (Å²) in [6.07, 6.45) is 4.16. The Hall–Kier alpha value is -3.02. The Balaban J connectivity index is 1.46. The summed E-state index contributed by atoms with van der Waals surface area (Å²) in [6, 6.07) is 10.3. The molecular weight excluding hydrogens is 420 g/mol. The van der Waals surface area contributed by atoms with E-state index in [4.69, 9.17) is 18.8 Å². The van der Waals surface area contributed by atoms with Crippen molar-refractivity contribution in [3.8, 4) is 0 Å². The van der Waals surface area contributed by atoms with Gasteiger partial charge >= 0.3 is 0 Å². The molecule has 1 spiro atoms. The maximum absolute atomic E-state index is 13.6. The molecule has 0 unspecified atom stereocenters. The number of likely N-dealkylation sites (N-methyl/N-ethyl adjacent to an activating group) is 1. The van der Waals surface area contributed by atoms with E-state index in [0.29, 0.717) is 16.6 Å². The van der Waals surface area contributed by atoms with Crippen LogP contribution in [0.2, 0.25) is 0 Å². The third kappa shape index (κ3) is 3.15. The Bertz CT molecular complexity index is 1110. The second kappa shape index (κ2) is 7.84. The molecule has 32 heavy (non-hydrogen) atoms. The summed E-state index contributed by atoms with van der Waals surface area (Å²) in [4.78, 5) is 29.7. The van der Waals surface area contributed by atoms with Crippen LogP contribution in [0, 0.1) is 13.5 Å². The number of anilines is 3. The van der Waals surface area contributed by atoms with Gasteiger partial charge in [0.05, 0.1) is 5.69 Å². The van der Waals surface area contributed by atoms with Crippen molar-refractivity contribution in [1.82, 2.24) is 9.88 Å². The van der Waals surface area contributed by atoms with Gasteiger partial charge in [-0.15, -0.1) is 4.98 Å². The van der Waals surface area contributed by atoms with Crippen LogP contribution in [0.25, 0.3) is 4.85 Å². The molecule has 0 N–H and O–H groups in total. The van der Waals surface area contributed by atoms with Gasteiger partial charge in [0.15, 0.2) is 5.11 Å². The number of benzene rings is 1. The molecule has 1 amide bonds. The Kier molecular flexibility index (Phi) is 5.11. The van der Waals surface area contributed by atoms with E-state index >= 15 is 0 Å². The van der Waals surface area contributed by atoms with Crippen molar-refractivity contribution in [3.63, 3.8) is 0 Å². The fraction of sp³-hybridized carbons (Fsp3) is 0.417. The van der Waals surface area contributed by atoms with Gasteiger partial charge < -0.3 is 19.5 Å². The normalized spacial score (nSPS) is 20.6. The molecule has 3 fully saturated rings. The first kappa shape index (κ1) is 20.9. The number of amides is 1. The van der Waals surface area contributed by atoms with E-state index in [0.717, 1.165) is 56.7 Å². The average Bonchev–Trinajstić information content (AvgIpc) is 3.01. The predicted molar refractivity (Wildman–Crippen MR) is 131 cm³/mol. The molecule has 3 aliphatic rings. The smallest absolute Gasteiger partial charge is 0.272 e. The summed E-state index contributed by atoms with van der Waals surface area (Å²) < 4.78 is 0. The molecule has 164 valence electrons. The minimum absolute atomic E-state index is 0.00802. The largest absolute Gasteiger partial charge is 0.369 e. The number of carbonyl (C=O) groups is 1. The summed E-state index contributed by atoms with van der Waals surface area (Å²) in [5, 5.41) is 0.485. The van der Waals surface area contributed by atoms with Crippen LogP contribution in [0.4, 0.5) is 22.9 Å². The predicted octanol–water partition coefficient (Wildman–Crippen LogP) is 3.75. The second-order valence-corrected chi connectivity index (χ2v) is 9.26. The minimum Gasteiger partial charge on any atom is -0.369 e. The number of nitrogens with zero attached hydrogens (tertiary/aromatic N) is 6. The highest BCUT2D eigenvalue weighted by atomic mass is 32.1. The van der Waals surface area contributed by atoms with Crippen LogP contribution in [0.15, 0.2) is 36.5 Å². The average molecular weight is 447 g/mol. The lowest BCUT2D eigenvalue weighted by Gasteiger charge is -2.43. The van der Waals surface area contributed by atoms with Crippen molar-refractivity contribution < 1.29 is 4.79 Å². The van der Waals surface area contributed by atoms with E-state index in [-0.39, 0.29) is 5.91 Å². The first-order chi connectivity index (χ1) is 15.4. The van der Waals surface area contributed by atoms with Crippen LogP contribution in [-0.4, -0.2) is 59.7 Å². The van der Waals surface area contributed by atoms with Gasteiger partial charge in [0.1, 0.15) is 11.7 Å². The number of hydrogen-bond donors (Lipinski definition) is 0. The molecule has 1 aromatic heterocycles. The molecule has 8 heteroatoms. The van der Waals surface area contributed by atoms with Gasteiger partial charge in [0.2, 0.25) is 0 Å². The van der Waals surface area contributed by atoms with Crippen LogP contribution < -0.4 is 14.7 Å². The highest BCUT2D eigenvalue weighted by molar-refractivity contribution is 7.81. The number of aryl methyl sites for hydroxylation is 1. The fourth-order valence-electron chi connectivity index (χ4n) is 4.88. The van der Waals surface area contributed by atoms with Gasteiger partial charge in [-0.2, -0.15) is 0 Å². The van der Waals surface area contributed by atoms with Crippen LogP contribution >= 0.6 is 12.2 Å². The number of thiocarbonyl (C=S) groups is 1. The third-order valence-corrected chi connectivity index (χ3v) is 7.33. The highest BCUT2D eigenvalue weighted by Crippen LogP contribution is 2.48. The maximum Gasteiger partial charge on any atom is 0.272 e. The molecule has 5 rings (SSSR count). The van der Waals surface area contributed by atoms with Crippen LogP contribution in [-0.2, 0) is 4.79 Å². The summed E-state index contributed by atoms with van der Waals surface area (Å²) in [6.45, 7) is 13.2. The lowest BCUT2D eigenvalue weighted by Crippen LogP contribution is -2.55. The van der Waals surface area contributed by atoms with Gasteiger partial charge in [-0.3, -0.25) is 9.69 Å². The van der Waals surface area contributed by atoms with Crippen molar-refractivity contribution >= 4 is 46.1 Å². The second-order valence-electron chi connectivity index (χ2n) is 8.90. The molecule has 1 aromatic carbocycles. The Morgan fingerprint density at radius 1 is 1.06 bits per heavy atom. The molecule has 1 aliphatic carbocycles.